The molecule has 0 amide bonds. The molecule has 0 aliphatic rings. The van der Waals surface area contributed by atoms with Gasteiger partial charge in [0.15, 0.2) is 11.6 Å². The van der Waals surface area contributed by atoms with E-state index in [1.54, 1.807) is 0 Å². The van der Waals surface area contributed by atoms with E-state index in [1.807, 2.05) is 0 Å². The predicted molar refractivity (Wildman–Crippen MR) is 57.5 cm³/mol. The first-order chi connectivity index (χ1) is 7.54. The van der Waals surface area contributed by atoms with Crippen molar-refractivity contribution in [3.05, 3.63) is 35.1 Å². The Morgan fingerprint density at radius 2 is 1.75 bits per heavy atom. The highest BCUT2D eigenvalue weighted by Gasteiger charge is 2.09. The Labute approximate surface area is 93.7 Å². The summed E-state index contributed by atoms with van der Waals surface area (Å²) >= 11 is 0. The van der Waals surface area contributed by atoms with Crippen LogP contribution in [0, 0.1) is 23.4 Å². The fourth-order valence-corrected chi connectivity index (χ4v) is 1.30. The first kappa shape index (κ1) is 13.0. The number of halogens is 3. The molecule has 0 bridgehead atoms. The highest BCUT2D eigenvalue weighted by atomic mass is 19.2. The maximum absolute atomic E-state index is 13.2. The Balaban J connectivity index is 2.57. The van der Waals surface area contributed by atoms with Crippen LogP contribution >= 0.6 is 0 Å². The molecule has 90 valence electrons. The summed E-state index contributed by atoms with van der Waals surface area (Å²) in [5, 5.41) is 3.01. The van der Waals surface area contributed by atoms with Crippen LogP contribution in [0.15, 0.2) is 12.1 Å². The molecule has 0 radical (unpaired) electrons. The molecule has 4 heteroatoms. The fourth-order valence-electron chi connectivity index (χ4n) is 1.30. The lowest BCUT2D eigenvalue weighted by atomic mass is 10.1. The molecule has 0 fully saturated rings. The van der Waals surface area contributed by atoms with Crippen molar-refractivity contribution >= 4 is 0 Å². The summed E-state index contributed by atoms with van der Waals surface area (Å²) in [6.45, 7) is 5.07. The number of hydrogen-bond donors (Lipinski definition) is 1. The minimum Gasteiger partial charge on any atom is -0.312 e. The van der Waals surface area contributed by atoms with Crippen LogP contribution in [0.1, 0.15) is 25.8 Å². The van der Waals surface area contributed by atoms with E-state index in [4.69, 9.17) is 0 Å². The first-order valence-corrected chi connectivity index (χ1v) is 5.38. The van der Waals surface area contributed by atoms with E-state index in [0.717, 1.165) is 19.0 Å². The van der Waals surface area contributed by atoms with Gasteiger partial charge in [-0.2, -0.15) is 0 Å². The van der Waals surface area contributed by atoms with Crippen LogP contribution in [0.2, 0.25) is 0 Å². The molecular weight excluding hydrogens is 215 g/mol. The summed E-state index contributed by atoms with van der Waals surface area (Å²) in [6.07, 6.45) is 1.02. The van der Waals surface area contributed by atoms with Crippen LogP contribution in [0.4, 0.5) is 13.2 Å². The minimum atomic E-state index is -1.15. The third-order valence-corrected chi connectivity index (χ3v) is 2.59. The Bertz CT molecular complexity index is 352. The van der Waals surface area contributed by atoms with Gasteiger partial charge in [-0.25, -0.2) is 13.2 Å². The summed E-state index contributed by atoms with van der Waals surface area (Å²) in [4.78, 5) is 0. The molecule has 1 rings (SSSR count). The lowest BCUT2D eigenvalue weighted by Crippen LogP contribution is -2.21. The highest BCUT2D eigenvalue weighted by Crippen LogP contribution is 2.13. The summed E-state index contributed by atoms with van der Waals surface area (Å²) in [7, 11) is 0. The third-order valence-electron chi connectivity index (χ3n) is 2.59. The number of hydrogen-bond acceptors (Lipinski definition) is 1. The van der Waals surface area contributed by atoms with Crippen LogP contribution in [0.5, 0.6) is 0 Å². The normalized spacial score (nSPS) is 12.8. The molecule has 0 aromatic heterocycles. The number of benzene rings is 1. The summed E-state index contributed by atoms with van der Waals surface area (Å²) in [5.74, 6) is -2.39. The van der Waals surface area contributed by atoms with Crippen molar-refractivity contribution in [1.29, 1.82) is 0 Å². The Morgan fingerprint density at radius 3 is 2.38 bits per heavy atom. The van der Waals surface area contributed by atoms with Crippen molar-refractivity contribution in [2.45, 2.75) is 26.8 Å². The van der Waals surface area contributed by atoms with E-state index in [0.29, 0.717) is 12.0 Å². The molecule has 1 nitrogen and oxygen atoms in total. The Kier molecular flexibility index (Phi) is 4.80. The maximum atomic E-state index is 13.2. The second kappa shape index (κ2) is 5.89. The van der Waals surface area contributed by atoms with Gasteiger partial charge in [-0.05, 0) is 18.5 Å². The van der Waals surface area contributed by atoms with E-state index in [9.17, 15) is 13.2 Å². The third kappa shape index (κ3) is 3.52. The topological polar surface area (TPSA) is 12.0 Å². The second-order valence-corrected chi connectivity index (χ2v) is 4.00. The maximum Gasteiger partial charge on any atom is 0.161 e. The van der Waals surface area contributed by atoms with Gasteiger partial charge in [0.2, 0.25) is 0 Å². The highest BCUT2D eigenvalue weighted by molar-refractivity contribution is 5.19. The predicted octanol–water partition coefficient (Wildman–Crippen LogP) is 3.24. The van der Waals surface area contributed by atoms with Gasteiger partial charge in [-0.1, -0.05) is 20.3 Å². The molecule has 1 atom stereocenters. The zero-order valence-corrected chi connectivity index (χ0v) is 9.49. The van der Waals surface area contributed by atoms with Crippen LogP contribution in [0.3, 0.4) is 0 Å². The molecule has 1 N–H and O–H groups in total. The molecule has 0 saturated heterocycles. The monoisotopic (exact) mass is 231 g/mol. The van der Waals surface area contributed by atoms with Gasteiger partial charge in [0.25, 0.3) is 0 Å². The van der Waals surface area contributed by atoms with Crippen molar-refractivity contribution in [3.63, 3.8) is 0 Å². The summed E-state index contributed by atoms with van der Waals surface area (Å²) in [6, 6.07) is 1.48. The Morgan fingerprint density at radius 1 is 1.12 bits per heavy atom. The van der Waals surface area contributed by atoms with Gasteiger partial charge in [0.05, 0.1) is 0 Å². The van der Waals surface area contributed by atoms with E-state index in [1.165, 1.54) is 0 Å². The number of rotatable bonds is 5. The van der Waals surface area contributed by atoms with Crippen LogP contribution in [0.25, 0.3) is 0 Å². The molecule has 0 aliphatic carbocycles. The van der Waals surface area contributed by atoms with E-state index in [2.05, 4.69) is 19.2 Å². The van der Waals surface area contributed by atoms with Gasteiger partial charge < -0.3 is 5.32 Å². The lowest BCUT2D eigenvalue weighted by Gasteiger charge is -2.10. The minimum absolute atomic E-state index is 0.155. The van der Waals surface area contributed by atoms with E-state index >= 15 is 0 Å². The quantitative estimate of drug-likeness (QED) is 0.767. The number of nitrogens with one attached hydrogen (secondary N) is 1. The van der Waals surface area contributed by atoms with Gasteiger partial charge >= 0.3 is 0 Å². The van der Waals surface area contributed by atoms with Crippen molar-refractivity contribution in [2.75, 3.05) is 6.54 Å². The van der Waals surface area contributed by atoms with Gasteiger partial charge in [0.1, 0.15) is 5.82 Å². The molecule has 1 unspecified atom stereocenters. The fraction of sp³-hybridized carbons (Fsp3) is 0.500. The second-order valence-electron chi connectivity index (χ2n) is 4.00. The zero-order valence-electron chi connectivity index (χ0n) is 9.49. The average molecular weight is 231 g/mol. The first-order valence-electron chi connectivity index (χ1n) is 5.38. The smallest absolute Gasteiger partial charge is 0.161 e. The van der Waals surface area contributed by atoms with Gasteiger partial charge in [-0.15, -0.1) is 0 Å². The molecule has 1 aromatic carbocycles. The van der Waals surface area contributed by atoms with E-state index < -0.39 is 17.5 Å². The zero-order chi connectivity index (χ0) is 12.1. The van der Waals surface area contributed by atoms with Crippen molar-refractivity contribution in [3.8, 4) is 0 Å². The average Bonchev–Trinajstić information content (AvgIpc) is 2.25. The SMILES string of the molecule is CCC(C)CNCc1cc(F)c(F)cc1F. The van der Waals surface area contributed by atoms with Crippen molar-refractivity contribution in [2.24, 2.45) is 5.92 Å². The largest absolute Gasteiger partial charge is 0.312 e. The summed E-state index contributed by atoms with van der Waals surface area (Å²) < 4.78 is 38.7. The van der Waals surface area contributed by atoms with Crippen molar-refractivity contribution in [1.82, 2.24) is 5.32 Å². The molecular formula is C12H16F3N. The molecule has 1 aromatic rings. The molecule has 0 saturated carbocycles. The van der Waals surface area contributed by atoms with Gasteiger partial charge in [0, 0.05) is 18.2 Å². The molecule has 0 heterocycles. The van der Waals surface area contributed by atoms with E-state index in [-0.39, 0.29) is 12.1 Å². The summed E-state index contributed by atoms with van der Waals surface area (Å²) in [5.41, 5.74) is 0.155. The lowest BCUT2D eigenvalue weighted by molar-refractivity contribution is 0.473. The van der Waals surface area contributed by atoms with Crippen LogP contribution in [-0.2, 0) is 6.54 Å². The van der Waals surface area contributed by atoms with Gasteiger partial charge in [-0.3, -0.25) is 0 Å². The Hall–Kier alpha value is -1.03. The van der Waals surface area contributed by atoms with Crippen molar-refractivity contribution < 1.29 is 13.2 Å². The molecule has 0 aliphatic heterocycles. The van der Waals surface area contributed by atoms with Crippen LogP contribution in [-0.4, -0.2) is 6.54 Å². The molecule has 16 heavy (non-hydrogen) atoms. The van der Waals surface area contributed by atoms with Crippen LogP contribution < -0.4 is 5.32 Å². The molecule has 0 spiro atoms. The standard InChI is InChI=1S/C12H16F3N/c1-3-8(2)6-16-7-9-4-11(14)12(15)5-10(9)13/h4-5,8,16H,3,6-7H2,1-2H3.